The molecular weight excluding hydrogens is 370 g/mol. The number of benzene rings is 1. The number of nitrogens with zero attached hydrogens (tertiary/aromatic N) is 2. The van der Waals surface area contributed by atoms with Crippen molar-refractivity contribution < 1.29 is 13.2 Å². The van der Waals surface area contributed by atoms with Crippen molar-refractivity contribution in [2.75, 3.05) is 49.5 Å². The lowest BCUT2D eigenvalue weighted by atomic mass is 10.3. The molecule has 6 nitrogen and oxygen atoms in total. The quantitative estimate of drug-likeness (QED) is 0.646. The molecule has 1 fully saturated rings. The Hall–Kier alpha value is -1.09. The molecule has 0 unspecified atom stereocenters. The zero-order valence-electron chi connectivity index (χ0n) is 15.6. The molecule has 26 heavy (non-hydrogen) atoms. The van der Waals surface area contributed by atoms with Gasteiger partial charge in [0.15, 0.2) is 0 Å². The van der Waals surface area contributed by atoms with E-state index in [4.69, 9.17) is 0 Å². The van der Waals surface area contributed by atoms with E-state index in [2.05, 4.69) is 24.1 Å². The molecule has 146 valence electrons. The minimum Gasteiger partial charge on any atom is -0.325 e. The van der Waals surface area contributed by atoms with Crippen LogP contribution in [0.3, 0.4) is 0 Å². The number of rotatable bonds is 9. The number of likely N-dealkylation sites (N-methyl/N-ethyl adjacent to an activating group) is 1. The highest BCUT2D eigenvalue weighted by atomic mass is 32.2. The normalized spacial score (nSPS) is 16.5. The van der Waals surface area contributed by atoms with Crippen molar-refractivity contribution >= 4 is 33.4 Å². The molecule has 0 aliphatic carbocycles. The van der Waals surface area contributed by atoms with Gasteiger partial charge in [0.1, 0.15) is 0 Å². The third kappa shape index (κ3) is 5.97. The van der Waals surface area contributed by atoms with Crippen LogP contribution in [-0.4, -0.2) is 67.8 Å². The fourth-order valence-corrected chi connectivity index (χ4v) is 5.07. The Morgan fingerprint density at radius 1 is 1.12 bits per heavy atom. The summed E-state index contributed by atoms with van der Waals surface area (Å²) < 4.78 is 27.0. The van der Waals surface area contributed by atoms with Gasteiger partial charge in [-0.25, -0.2) is 8.42 Å². The van der Waals surface area contributed by atoms with Crippen LogP contribution in [0.5, 0.6) is 0 Å². The molecule has 1 aromatic carbocycles. The molecule has 0 radical (unpaired) electrons. The van der Waals surface area contributed by atoms with E-state index in [-0.39, 0.29) is 10.8 Å². The summed E-state index contributed by atoms with van der Waals surface area (Å²) in [5.41, 5.74) is 0.626. The number of carbonyl (C=O) groups is 1. The Balaban J connectivity index is 1.90. The summed E-state index contributed by atoms with van der Waals surface area (Å²) >= 11 is 1.61. The molecule has 2 rings (SSSR count). The fraction of sp³-hybridized carbons (Fsp3) is 0.611. The third-order valence-corrected chi connectivity index (χ3v) is 7.39. The predicted octanol–water partition coefficient (Wildman–Crippen LogP) is 2.48. The molecule has 1 N–H and O–H groups in total. The third-order valence-electron chi connectivity index (χ3n) is 4.43. The van der Waals surface area contributed by atoms with Gasteiger partial charge in [-0.15, -0.1) is 0 Å². The van der Waals surface area contributed by atoms with Gasteiger partial charge in [0.2, 0.25) is 15.9 Å². The summed E-state index contributed by atoms with van der Waals surface area (Å²) in [4.78, 5) is 14.4. The Morgan fingerprint density at radius 2 is 1.77 bits per heavy atom. The summed E-state index contributed by atoms with van der Waals surface area (Å²) in [7, 11) is -3.47. The summed E-state index contributed by atoms with van der Waals surface area (Å²) in [6.45, 7) is 7.71. The summed E-state index contributed by atoms with van der Waals surface area (Å²) in [6.07, 6.45) is 2.23. The maximum absolute atomic E-state index is 12.7. The molecule has 0 atom stereocenters. The average molecular weight is 400 g/mol. The van der Waals surface area contributed by atoms with Crippen LogP contribution in [0.4, 0.5) is 5.69 Å². The molecule has 1 aliphatic heterocycles. The lowest BCUT2D eigenvalue weighted by Gasteiger charge is -2.33. The lowest BCUT2D eigenvalue weighted by Crippen LogP contribution is -2.48. The lowest BCUT2D eigenvalue weighted by molar-refractivity contribution is -0.113. The minimum absolute atomic E-state index is 0.0580. The second-order valence-electron chi connectivity index (χ2n) is 6.32. The molecule has 1 aromatic rings. The number of amides is 1. The van der Waals surface area contributed by atoms with Gasteiger partial charge in [0, 0.05) is 31.9 Å². The van der Waals surface area contributed by atoms with Crippen molar-refractivity contribution in [2.45, 2.75) is 31.6 Å². The molecule has 1 saturated heterocycles. The first-order valence-corrected chi connectivity index (χ1v) is 11.8. The van der Waals surface area contributed by atoms with Gasteiger partial charge in [-0.05, 0) is 43.0 Å². The highest BCUT2D eigenvalue weighted by molar-refractivity contribution is 7.99. The molecule has 0 aromatic heterocycles. The molecule has 1 amide bonds. The van der Waals surface area contributed by atoms with Crippen LogP contribution in [0.15, 0.2) is 29.2 Å². The summed E-state index contributed by atoms with van der Waals surface area (Å²) in [5.74, 6) is 1.34. The molecule has 8 heteroatoms. The van der Waals surface area contributed by atoms with Crippen LogP contribution in [0.25, 0.3) is 0 Å². The Morgan fingerprint density at radius 3 is 2.35 bits per heavy atom. The first-order valence-electron chi connectivity index (χ1n) is 9.17. The van der Waals surface area contributed by atoms with Gasteiger partial charge in [0.05, 0.1) is 10.6 Å². The molecule has 0 spiro atoms. The highest BCUT2D eigenvalue weighted by Gasteiger charge is 2.27. The summed E-state index contributed by atoms with van der Waals surface area (Å²) in [6, 6.07) is 6.45. The fourth-order valence-electron chi connectivity index (χ4n) is 2.75. The molecule has 0 saturated carbocycles. The van der Waals surface area contributed by atoms with E-state index in [1.807, 2.05) is 0 Å². The maximum Gasteiger partial charge on any atom is 0.243 e. The van der Waals surface area contributed by atoms with E-state index in [0.29, 0.717) is 24.5 Å². The molecule has 1 aliphatic rings. The van der Waals surface area contributed by atoms with Gasteiger partial charge < -0.3 is 10.2 Å². The number of carbonyl (C=O) groups excluding carboxylic acids is 1. The van der Waals surface area contributed by atoms with Crippen molar-refractivity contribution in [3.8, 4) is 0 Å². The maximum atomic E-state index is 12.7. The number of piperazine rings is 1. The second kappa shape index (κ2) is 10.3. The van der Waals surface area contributed by atoms with E-state index < -0.39 is 10.0 Å². The van der Waals surface area contributed by atoms with Gasteiger partial charge in [-0.1, -0.05) is 20.3 Å². The number of nitrogens with one attached hydrogen (secondary N) is 1. The van der Waals surface area contributed by atoms with Gasteiger partial charge in [0.25, 0.3) is 0 Å². The average Bonchev–Trinajstić information content (AvgIpc) is 2.66. The number of sulfonamides is 1. The Labute approximate surface area is 161 Å². The molecular formula is C18H29N3O3S2. The van der Waals surface area contributed by atoms with Crippen LogP contribution < -0.4 is 5.32 Å². The van der Waals surface area contributed by atoms with Crippen molar-refractivity contribution in [3.63, 3.8) is 0 Å². The largest absolute Gasteiger partial charge is 0.325 e. The smallest absolute Gasteiger partial charge is 0.243 e. The van der Waals surface area contributed by atoms with Crippen molar-refractivity contribution in [3.05, 3.63) is 24.3 Å². The van der Waals surface area contributed by atoms with Crippen molar-refractivity contribution in [1.82, 2.24) is 9.21 Å². The number of anilines is 1. The molecule has 0 bridgehead atoms. The zero-order chi connectivity index (χ0) is 19.0. The number of thioether (sulfide) groups is 1. The zero-order valence-corrected chi connectivity index (χ0v) is 17.2. The Bertz CT molecular complexity index is 669. The van der Waals surface area contributed by atoms with Gasteiger partial charge >= 0.3 is 0 Å². The first-order chi connectivity index (χ1) is 12.5. The van der Waals surface area contributed by atoms with Crippen molar-refractivity contribution in [1.29, 1.82) is 0 Å². The summed E-state index contributed by atoms with van der Waals surface area (Å²) in [5, 5.41) is 2.82. The minimum atomic E-state index is -3.47. The van der Waals surface area contributed by atoms with Crippen LogP contribution in [0, 0.1) is 0 Å². The van der Waals surface area contributed by atoms with Crippen LogP contribution >= 0.6 is 11.8 Å². The van der Waals surface area contributed by atoms with Crippen molar-refractivity contribution in [2.24, 2.45) is 0 Å². The second-order valence-corrected chi connectivity index (χ2v) is 9.36. The topological polar surface area (TPSA) is 69.7 Å². The molecule has 1 heterocycles. The van der Waals surface area contributed by atoms with E-state index in [9.17, 15) is 13.2 Å². The van der Waals surface area contributed by atoms with E-state index in [1.54, 1.807) is 36.0 Å². The first kappa shape index (κ1) is 21.2. The van der Waals surface area contributed by atoms with E-state index in [0.717, 1.165) is 38.2 Å². The standard InChI is InChI=1S/C18H29N3O3S2/c1-3-5-14-25-15-18(22)19-16-6-8-17(9-7-16)26(23,24)21-12-10-20(4-2)11-13-21/h6-9H,3-5,10-15H2,1-2H3,(H,19,22). The van der Waals surface area contributed by atoms with Crippen LogP contribution in [0.1, 0.15) is 26.7 Å². The van der Waals surface area contributed by atoms with Crippen LogP contribution in [-0.2, 0) is 14.8 Å². The van der Waals surface area contributed by atoms with Gasteiger partial charge in [-0.2, -0.15) is 16.1 Å². The number of hydrogen-bond donors (Lipinski definition) is 1. The SMILES string of the molecule is CCCCSCC(=O)Nc1ccc(S(=O)(=O)N2CCN(CC)CC2)cc1. The monoisotopic (exact) mass is 399 g/mol. The number of unbranched alkanes of at least 4 members (excludes halogenated alkanes) is 1. The highest BCUT2D eigenvalue weighted by Crippen LogP contribution is 2.20. The van der Waals surface area contributed by atoms with E-state index >= 15 is 0 Å². The van der Waals surface area contributed by atoms with Crippen LogP contribution in [0.2, 0.25) is 0 Å². The van der Waals surface area contributed by atoms with Gasteiger partial charge in [-0.3, -0.25) is 4.79 Å². The Kier molecular flexibility index (Phi) is 8.40. The number of hydrogen-bond acceptors (Lipinski definition) is 5. The predicted molar refractivity (Wildman–Crippen MR) is 108 cm³/mol. The van der Waals surface area contributed by atoms with E-state index in [1.165, 1.54) is 4.31 Å².